The molecule has 1 unspecified atom stereocenters. The predicted molar refractivity (Wildman–Crippen MR) is 137 cm³/mol. The number of pyridine rings is 2. The van der Waals surface area contributed by atoms with Gasteiger partial charge in [0.25, 0.3) is 0 Å². The van der Waals surface area contributed by atoms with E-state index in [1.165, 1.54) is 16.7 Å². The highest BCUT2D eigenvalue weighted by Gasteiger charge is 2.35. The molecule has 2 aromatic heterocycles. The third-order valence-corrected chi connectivity index (χ3v) is 7.61. The van der Waals surface area contributed by atoms with Crippen molar-refractivity contribution in [3.8, 4) is 0 Å². The first-order valence-corrected chi connectivity index (χ1v) is 12.8. The number of hydrogen-bond acceptors (Lipinski definition) is 4. The Balaban J connectivity index is 1.40. The van der Waals surface area contributed by atoms with Gasteiger partial charge in [-0.25, -0.2) is 4.79 Å². The number of nitrogens with zero attached hydrogens (tertiary/aromatic N) is 4. The molecule has 2 aliphatic rings. The second kappa shape index (κ2) is 10.0. The minimum Gasteiger partial charge on any atom is -0.351 e. The van der Waals surface area contributed by atoms with E-state index < -0.39 is 6.03 Å². The zero-order valence-corrected chi connectivity index (χ0v) is 21.2. The maximum absolute atomic E-state index is 12.3. The van der Waals surface area contributed by atoms with Crippen molar-refractivity contribution in [2.75, 3.05) is 13.1 Å². The SMILES string of the molecule is NC(=O)N(Cc1ccccn1)C1CCN(C2c3ccc(Cl)cc3CCc3cc(Br)cnc32)CC1. The molecule has 2 N–H and O–H groups in total. The zero-order chi connectivity index (χ0) is 23.7. The fourth-order valence-electron chi connectivity index (χ4n) is 5.29. The minimum atomic E-state index is -0.393. The van der Waals surface area contributed by atoms with Gasteiger partial charge in [0, 0.05) is 41.0 Å². The molecular weight excluding hydrogens is 514 g/mol. The molecule has 1 atom stereocenters. The van der Waals surface area contributed by atoms with Gasteiger partial charge in [-0.1, -0.05) is 23.7 Å². The third-order valence-electron chi connectivity index (χ3n) is 6.94. The molecule has 5 rings (SSSR count). The number of amides is 2. The highest BCUT2D eigenvalue weighted by molar-refractivity contribution is 9.10. The summed E-state index contributed by atoms with van der Waals surface area (Å²) in [6.45, 7) is 2.13. The van der Waals surface area contributed by atoms with Crippen molar-refractivity contribution in [2.24, 2.45) is 5.73 Å². The first-order chi connectivity index (χ1) is 16.5. The van der Waals surface area contributed by atoms with Gasteiger partial charge in [0.2, 0.25) is 0 Å². The number of rotatable bonds is 4. The largest absolute Gasteiger partial charge is 0.351 e. The van der Waals surface area contributed by atoms with E-state index in [-0.39, 0.29) is 12.1 Å². The Morgan fingerprint density at radius 1 is 1.12 bits per heavy atom. The van der Waals surface area contributed by atoms with Crippen LogP contribution in [0.3, 0.4) is 0 Å². The first-order valence-electron chi connectivity index (χ1n) is 11.6. The summed E-state index contributed by atoms with van der Waals surface area (Å²) in [5.41, 5.74) is 11.6. The van der Waals surface area contributed by atoms with Crippen LogP contribution in [-0.4, -0.2) is 44.9 Å². The third kappa shape index (κ3) is 4.83. The van der Waals surface area contributed by atoms with Crippen LogP contribution in [0.1, 0.15) is 47.0 Å². The minimum absolute atomic E-state index is 0.0663. The number of fused-ring (bicyclic) bond motifs is 2. The van der Waals surface area contributed by atoms with Gasteiger partial charge in [0.15, 0.2) is 0 Å². The summed E-state index contributed by atoms with van der Waals surface area (Å²) in [7, 11) is 0. The van der Waals surface area contributed by atoms with Crippen LogP contribution in [0, 0.1) is 0 Å². The maximum Gasteiger partial charge on any atom is 0.315 e. The maximum atomic E-state index is 12.3. The Morgan fingerprint density at radius 3 is 2.65 bits per heavy atom. The second-order valence-corrected chi connectivity index (χ2v) is 10.4. The molecule has 6 nitrogen and oxygen atoms in total. The number of carbonyl (C=O) groups is 1. The summed E-state index contributed by atoms with van der Waals surface area (Å²) in [6.07, 6.45) is 7.20. The fourth-order valence-corrected chi connectivity index (χ4v) is 5.86. The number of aryl methyl sites for hydroxylation is 2. The van der Waals surface area contributed by atoms with Crippen molar-refractivity contribution >= 4 is 33.6 Å². The molecule has 34 heavy (non-hydrogen) atoms. The summed E-state index contributed by atoms with van der Waals surface area (Å²) in [6, 6.07) is 13.9. The molecule has 1 aliphatic heterocycles. The average Bonchev–Trinajstić information content (AvgIpc) is 2.99. The number of primary amides is 1. The summed E-state index contributed by atoms with van der Waals surface area (Å²) >= 11 is 9.95. The number of benzene rings is 1. The Kier molecular flexibility index (Phi) is 6.86. The Bertz CT molecular complexity index is 1130. The molecule has 1 saturated heterocycles. The molecule has 1 aliphatic carbocycles. The average molecular weight is 541 g/mol. The highest BCUT2D eigenvalue weighted by Crippen LogP contribution is 2.39. The highest BCUT2D eigenvalue weighted by atomic mass is 79.9. The Hall–Kier alpha value is -2.48. The summed E-state index contributed by atoms with van der Waals surface area (Å²) in [5, 5.41) is 0.767. The lowest BCUT2D eigenvalue weighted by Gasteiger charge is -2.41. The molecule has 3 heterocycles. The summed E-state index contributed by atoms with van der Waals surface area (Å²) in [4.78, 5) is 25.8. The van der Waals surface area contributed by atoms with Gasteiger partial charge in [-0.15, -0.1) is 0 Å². The van der Waals surface area contributed by atoms with Crippen molar-refractivity contribution in [1.82, 2.24) is 19.8 Å². The van der Waals surface area contributed by atoms with Crippen LogP contribution in [-0.2, 0) is 19.4 Å². The molecule has 2 amide bonds. The van der Waals surface area contributed by atoms with Crippen LogP contribution in [0.5, 0.6) is 0 Å². The molecule has 176 valence electrons. The van der Waals surface area contributed by atoms with Gasteiger partial charge in [-0.3, -0.25) is 14.9 Å². The van der Waals surface area contributed by atoms with E-state index in [2.05, 4.69) is 44.0 Å². The predicted octanol–water partition coefficient (Wildman–Crippen LogP) is 5.13. The lowest BCUT2D eigenvalue weighted by Crippen LogP contribution is -2.49. The van der Waals surface area contributed by atoms with Crippen molar-refractivity contribution in [3.63, 3.8) is 0 Å². The van der Waals surface area contributed by atoms with Crippen LogP contribution < -0.4 is 5.73 Å². The van der Waals surface area contributed by atoms with Gasteiger partial charge in [0.05, 0.1) is 24.0 Å². The van der Waals surface area contributed by atoms with Crippen LogP contribution in [0.2, 0.25) is 5.02 Å². The number of hydrogen-bond donors (Lipinski definition) is 1. The molecule has 8 heteroatoms. The van der Waals surface area contributed by atoms with Gasteiger partial charge < -0.3 is 10.6 Å². The molecular formula is C26H27BrClN5O. The number of carbonyl (C=O) groups excluding carboxylic acids is 1. The number of nitrogens with two attached hydrogens (primary N) is 1. The molecule has 3 aromatic rings. The van der Waals surface area contributed by atoms with Crippen molar-refractivity contribution in [2.45, 2.75) is 44.3 Å². The monoisotopic (exact) mass is 539 g/mol. The molecule has 0 bridgehead atoms. The first kappa shape index (κ1) is 23.3. The van der Waals surface area contributed by atoms with E-state index in [4.69, 9.17) is 22.3 Å². The Morgan fingerprint density at radius 2 is 1.91 bits per heavy atom. The zero-order valence-electron chi connectivity index (χ0n) is 18.8. The van der Waals surface area contributed by atoms with Crippen LogP contribution >= 0.6 is 27.5 Å². The lowest BCUT2D eigenvalue weighted by atomic mass is 9.93. The van der Waals surface area contributed by atoms with Gasteiger partial charge in [-0.2, -0.15) is 0 Å². The standard InChI is InChI=1S/C26H27BrClN5O/c27-19-13-18-5-4-17-14-20(28)6-7-23(17)25(24(18)31-15-19)32-11-8-22(9-12-32)33(26(29)34)16-21-3-1-2-10-30-21/h1-3,6-7,10,13-15,22,25H,4-5,8-9,11-12,16H2,(H2,29,34). The normalized spacial score (nSPS) is 18.6. The van der Waals surface area contributed by atoms with E-state index >= 15 is 0 Å². The van der Waals surface area contributed by atoms with Crippen LogP contribution in [0.25, 0.3) is 0 Å². The summed E-state index contributed by atoms with van der Waals surface area (Å²) < 4.78 is 0.999. The molecule has 0 spiro atoms. The van der Waals surface area contributed by atoms with Crippen molar-refractivity contribution < 1.29 is 4.79 Å². The van der Waals surface area contributed by atoms with Crippen molar-refractivity contribution in [3.05, 3.63) is 92.4 Å². The molecule has 0 saturated carbocycles. The van der Waals surface area contributed by atoms with E-state index in [0.29, 0.717) is 6.54 Å². The van der Waals surface area contributed by atoms with Gasteiger partial charge in [0.1, 0.15) is 0 Å². The van der Waals surface area contributed by atoms with E-state index in [1.54, 1.807) is 11.1 Å². The van der Waals surface area contributed by atoms with Gasteiger partial charge >= 0.3 is 6.03 Å². The van der Waals surface area contributed by atoms with Gasteiger partial charge in [-0.05, 0) is 88.6 Å². The topological polar surface area (TPSA) is 75.4 Å². The number of likely N-dealkylation sites (tertiary alicyclic amines) is 1. The molecule has 1 fully saturated rings. The number of piperidine rings is 1. The van der Waals surface area contributed by atoms with E-state index in [1.807, 2.05) is 30.5 Å². The Labute approximate surface area is 213 Å². The second-order valence-electron chi connectivity index (χ2n) is 9.00. The summed E-state index contributed by atoms with van der Waals surface area (Å²) in [5.74, 6) is 0. The van der Waals surface area contributed by atoms with Crippen LogP contribution in [0.15, 0.2) is 59.3 Å². The quantitative estimate of drug-likeness (QED) is 0.498. The van der Waals surface area contributed by atoms with E-state index in [0.717, 1.165) is 59.7 Å². The van der Waals surface area contributed by atoms with E-state index in [9.17, 15) is 4.79 Å². The number of aromatic nitrogens is 2. The molecule has 1 aromatic carbocycles. The lowest BCUT2D eigenvalue weighted by molar-refractivity contribution is 0.104. The van der Waals surface area contributed by atoms with Crippen molar-refractivity contribution in [1.29, 1.82) is 0 Å². The number of urea groups is 1. The smallest absolute Gasteiger partial charge is 0.315 e. The fraction of sp³-hybridized carbons (Fsp3) is 0.346. The van der Waals surface area contributed by atoms with Crippen LogP contribution in [0.4, 0.5) is 4.79 Å². The number of halogens is 2. The molecule has 0 radical (unpaired) electrons.